The van der Waals surface area contributed by atoms with Crippen LogP contribution in [0.5, 0.6) is 0 Å². The van der Waals surface area contributed by atoms with E-state index in [1.54, 1.807) is 0 Å². The lowest BCUT2D eigenvalue weighted by atomic mass is 10.0. The molecule has 0 atom stereocenters. The first kappa shape index (κ1) is 25.6. The van der Waals surface area contributed by atoms with E-state index in [9.17, 15) is 0 Å². The summed E-state index contributed by atoms with van der Waals surface area (Å²) in [7, 11) is 0. The number of nitrogens with zero attached hydrogens (tertiary/aromatic N) is 2. The number of imidazole rings is 1. The van der Waals surface area contributed by atoms with Gasteiger partial charge in [0.2, 0.25) is 0 Å². The van der Waals surface area contributed by atoms with Crippen molar-refractivity contribution in [1.29, 1.82) is 0 Å². The Morgan fingerprint density at radius 2 is 1.02 bits per heavy atom. The van der Waals surface area contributed by atoms with Crippen molar-refractivity contribution in [2.75, 3.05) is 0 Å². The molecular weight excluding hydrogens is 592 g/mol. The van der Waals surface area contributed by atoms with E-state index in [4.69, 9.17) is 18.2 Å². The SMILES string of the molecule is c1ccc(-c2nc3ccccc3n2-c2ccc3c(c2)oc2cc(-c4ccc5oc6c(ccc7c8ccccc8oc76)c5c4)ccc23)cc1. The van der Waals surface area contributed by atoms with E-state index in [0.29, 0.717) is 0 Å². The van der Waals surface area contributed by atoms with Gasteiger partial charge in [-0.2, -0.15) is 0 Å². The minimum atomic E-state index is 0.778. The van der Waals surface area contributed by atoms with Gasteiger partial charge in [-0.25, -0.2) is 4.98 Å². The lowest BCUT2D eigenvalue weighted by molar-refractivity contribution is 0.633. The Bertz CT molecular complexity index is 3070. The summed E-state index contributed by atoms with van der Waals surface area (Å²) in [4.78, 5) is 5.01. The molecular formula is C43H24N2O3. The second-order valence-corrected chi connectivity index (χ2v) is 12.3. The van der Waals surface area contributed by atoms with Crippen molar-refractivity contribution >= 4 is 76.8 Å². The van der Waals surface area contributed by atoms with Crippen molar-refractivity contribution in [2.45, 2.75) is 0 Å². The summed E-state index contributed by atoms with van der Waals surface area (Å²) in [6.45, 7) is 0. The van der Waals surface area contributed by atoms with Gasteiger partial charge in [-0.15, -0.1) is 0 Å². The first-order valence-corrected chi connectivity index (χ1v) is 16.0. The zero-order valence-electron chi connectivity index (χ0n) is 25.5. The highest BCUT2D eigenvalue weighted by molar-refractivity contribution is 6.19. The number of benzene rings is 7. The van der Waals surface area contributed by atoms with E-state index >= 15 is 0 Å². The number of fused-ring (bicyclic) bond motifs is 11. The highest BCUT2D eigenvalue weighted by Gasteiger charge is 2.18. The molecule has 0 aliphatic heterocycles. The van der Waals surface area contributed by atoms with E-state index in [1.807, 2.05) is 48.5 Å². The van der Waals surface area contributed by atoms with Gasteiger partial charge in [0, 0.05) is 43.9 Å². The molecule has 0 bridgehead atoms. The Balaban J connectivity index is 1.04. The summed E-state index contributed by atoms with van der Waals surface area (Å²) in [5, 5.41) is 6.42. The number of furan rings is 3. The van der Waals surface area contributed by atoms with E-state index < -0.39 is 0 Å². The zero-order valence-corrected chi connectivity index (χ0v) is 25.5. The van der Waals surface area contributed by atoms with Crippen LogP contribution in [0.4, 0.5) is 0 Å². The Kier molecular flexibility index (Phi) is 5.05. The standard InChI is InChI=1S/C43H24N2O3/c1-2-8-25(9-3-1)43-44-35-11-5-6-12-36(35)45(43)28-16-18-31-30-17-14-27(23-39(30)46-40(31)24-28)26-15-21-38-34(22-26)33-20-19-32-29-10-4-7-13-37(29)47-41(32)42(33)48-38/h1-24H. The van der Waals surface area contributed by atoms with Crippen molar-refractivity contribution in [2.24, 2.45) is 0 Å². The molecule has 0 aliphatic rings. The fourth-order valence-electron chi connectivity index (χ4n) is 7.35. The van der Waals surface area contributed by atoms with Crippen LogP contribution < -0.4 is 0 Å². The highest BCUT2D eigenvalue weighted by atomic mass is 16.4. The van der Waals surface area contributed by atoms with Crippen molar-refractivity contribution < 1.29 is 13.3 Å². The van der Waals surface area contributed by atoms with Crippen LogP contribution >= 0.6 is 0 Å². The summed E-state index contributed by atoms with van der Waals surface area (Å²) in [6.07, 6.45) is 0. The third-order valence-corrected chi connectivity index (χ3v) is 9.62. The second-order valence-electron chi connectivity index (χ2n) is 12.3. The topological polar surface area (TPSA) is 57.2 Å². The van der Waals surface area contributed by atoms with Gasteiger partial charge in [-0.05, 0) is 77.9 Å². The summed E-state index contributed by atoms with van der Waals surface area (Å²) < 4.78 is 21.4. The van der Waals surface area contributed by atoms with E-state index in [0.717, 1.165) is 105 Å². The maximum absolute atomic E-state index is 6.57. The van der Waals surface area contributed by atoms with E-state index in [2.05, 4.69) is 102 Å². The van der Waals surface area contributed by atoms with Crippen LogP contribution in [0.15, 0.2) is 159 Å². The van der Waals surface area contributed by atoms with Crippen molar-refractivity contribution in [3.8, 4) is 28.2 Å². The van der Waals surface area contributed by atoms with Gasteiger partial charge in [0.25, 0.3) is 0 Å². The van der Waals surface area contributed by atoms with E-state index in [-0.39, 0.29) is 0 Å². The van der Waals surface area contributed by atoms with Crippen molar-refractivity contribution in [3.63, 3.8) is 0 Å². The largest absolute Gasteiger partial charge is 0.456 e. The maximum atomic E-state index is 6.57. The van der Waals surface area contributed by atoms with Crippen LogP contribution in [-0.2, 0) is 0 Å². The van der Waals surface area contributed by atoms with Gasteiger partial charge in [-0.1, -0.05) is 72.8 Å². The summed E-state index contributed by atoms with van der Waals surface area (Å²) >= 11 is 0. The number of hydrogen-bond donors (Lipinski definition) is 0. The molecule has 11 aromatic rings. The minimum Gasteiger partial charge on any atom is -0.456 e. The fourth-order valence-corrected chi connectivity index (χ4v) is 7.35. The average molecular weight is 617 g/mol. The third-order valence-electron chi connectivity index (χ3n) is 9.62. The molecule has 0 unspecified atom stereocenters. The van der Waals surface area contributed by atoms with Crippen LogP contribution in [-0.4, -0.2) is 9.55 Å². The Hall–Kier alpha value is -6.59. The highest BCUT2D eigenvalue weighted by Crippen LogP contribution is 2.41. The lowest BCUT2D eigenvalue weighted by Gasteiger charge is -2.09. The zero-order chi connectivity index (χ0) is 31.3. The molecule has 224 valence electrons. The summed E-state index contributed by atoms with van der Waals surface area (Å²) in [6, 6.07) is 50.2. The number of para-hydroxylation sites is 3. The average Bonchev–Trinajstić information content (AvgIpc) is 3.90. The minimum absolute atomic E-state index is 0.778. The molecule has 11 rings (SSSR count). The molecule has 0 fully saturated rings. The van der Waals surface area contributed by atoms with Gasteiger partial charge in [0.15, 0.2) is 11.2 Å². The quantitative estimate of drug-likeness (QED) is 0.198. The van der Waals surface area contributed by atoms with Crippen LogP contribution in [0.3, 0.4) is 0 Å². The molecule has 0 saturated heterocycles. The fraction of sp³-hybridized carbons (Fsp3) is 0. The monoisotopic (exact) mass is 616 g/mol. The molecule has 0 aliphatic carbocycles. The lowest BCUT2D eigenvalue weighted by Crippen LogP contribution is -1.97. The molecule has 5 nitrogen and oxygen atoms in total. The Labute approximate surface area is 272 Å². The molecule has 0 saturated carbocycles. The molecule has 7 aromatic carbocycles. The normalized spacial score (nSPS) is 12.2. The maximum Gasteiger partial charge on any atom is 0.178 e. The predicted molar refractivity (Wildman–Crippen MR) is 194 cm³/mol. The Morgan fingerprint density at radius 3 is 1.90 bits per heavy atom. The second kappa shape index (κ2) is 9.47. The van der Waals surface area contributed by atoms with Crippen molar-refractivity contribution in [1.82, 2.24) is 9.55 Å². The molecule has 5 heteroatoms. The number of rotatable bonds is 3. The van der Waals surface area contributed by atoms with Gasteiger partial charge in [-0.3, -0.25) is 4.57 Å². The summed E-state index contributed by atoms with van der Waals surface area (Å²) in [5.41, 5.74) is 11.2. The van der Waals surface area contributed by atoms with Gasteiger partial charge in [0.1, 0.15) is 28.2 Å². The molecule has 0 radical (unpaired) electrons. The van der Waals surface area contributed by atoms with Gasteiger partial charge in [0.05, 0.1) is 16.7 Å². The predicted octanol–water partition coefficient (Wildman–Crippen LogP) is 12.1. The molecule has 4 aromatic heterocycles. The third kappa shape index (κ3) is 3.58. The molecule has 0 N–H and O–H groups in total. The first-order valence-electron chi connectivity index (χ1n) is 16.0. The molecule has 0 amide bonds. The van der Waals surface area contributed by atoms with Gasteiger partial charge < -0.3 is 13.3 Å². The first-order chi connectivity index (χ1) is 23.8. The smallest absolute Gasteiger partial charge is 0.178 e. The van der Waals surface area contributed by atoms with Crippen LogP contribution in [0.2, 0.25) is 0 Å². The van der Waals surface area contributed by atoms with Gasteiger partial charge >= 0.3 is 0 Å². The summed E-state index contributed by atoms with van der Waals surface area (Å²) in [5.74, 6) is 0.901. The van der Waals surface area contributed by atoms with Crippen LogP contribution in [0.25, 0.3) is 105 Å². The van der Waals surface area contributed by atoms with Crippen LogP contribution in [0.1, 0.15) is 0 Å². The number of hydrogen-bond acceptors (Lipinski definition) is 4. The van der Waals surface area contributed by atoms with E-state index in [1.165, 1.54) is 0 Å². The van der Waals surface area contributed by atoms with Crippen molar-refractivity contribution in [3.05, 3.63) is 146 Å². The molecule has 0 spiro atoms. The van der Waals surface area contributed by atoms with Crippen LogP contribution in [0, 0.1) is 0 Å². The number of aromatic nitrogens is 2. The Morgan fingerprint density at radius 1 is 0.396 bits per heavy atom. The molecule has 4 heterocycles. The molecule has 48 heavy (non-hydrogen) atoms.